The van der Waals surface area contributed by atoms with E-state index in [4.69, 9.17) is 25.8 Å². The Labute approximate surface area is 172 Å². The van der Waals surface area contributed by atoms with Crippen molar-refractivity contribution >= 4 is 17.5 Å². The van der Waals surface area contributed by atoms with E-state index in [1.165, 1.54) is 0 Å². The Morgan fingerprint density at radius 2 is 1.57 bits per heavy atom. The van der Waals surface area contributed by atoms with Gasteiger partial charge in [0.2, 0.25) is 11.7 Å². The highest BCUT2D eigenvalue weighted by Crippen LogP contribution is 2.38. The van der Waals surface area contributed by atoms with Crippen molar-refractivity contribution in [3.05, 3.63) is 52.5 Å². The summed E-state index contributed by atoms with van der Waals surface area (Å²) in [6, 6.07) is 11.6. The summed E-state index contributed by atoms with van der Waals surface area (Å²) < 4.78 is 16.1. The van der Waals surface area contributed by atoms with Crippen molar-refractivity contribution in [1.29, 1.82) is 0 Å². The van der Waals surface area contributed by atoms with Gasteiger partial charge in [-0.1, -0.05) is 23.7 Å². The molecule has 152 valence electrons. The number of likely N-dealkylation sites (N-methyl/N-ethyl adjacent to an activating group) is 1. The summed E-state index contributed by atoms with van der Waals surface area (Å²) in [5.74, 6) is 1.83. The van der Waals surface area contributed by atoms with Crippen LogP contribution in [0.3, 0.4) is 0 Å². The zero-order valence-corrected chi connectivity index (χ0v) is 17.9. The lowest BCUT2D eigenvalue weighted by Crippen LogP contribution is -2.36. The molecular weight excluding hydrogens is 378 g/mol. The molecule has 1 atom stereocenters. The molecule has 0 saturated carbocycles. The van der Waals surface area contributed by atoms with Gasteiger partial charge in [-0.2, -0.15) is 0 Å². The summed E-state index contributed by atoms with van der Waals surface area (Å²) in [5.41, 5.74) is 2.11. The number of methoxy groups -OCH3 is 3. The van der Waals surface area contributed by atoms with Crippen LogP contribution >= 0.6 is 11.6 Å². The smallest absolute Gasteiger partial charge is 0.222 e. The average Bonchev–Trinajstić information content (AvgIpc) is 2.71. The first-order valence-electron chi connectivity index (χ1n) is 9.18. The van der Waals surface area contributed by atoms with Crippen molar-refractivity contribution in [2.75, 3.05) is 28.4 Å². The molecule has 0 fully saturated rings. The third kappa shape index (κ3) is 5.55. The molecule has 0 saturated heterocycles. The zero-order chi connectivity index (χ0) is 20.7. The van der Waals surface area contributed by atoms with Gasteiger partial charge in [-0.3, -0.25) is 4.79 Å². The molecule has 2 rings (SSSR count). The number of hydrogen-bond donors (Lipinski definition) is 0. The van der Waals surface area contributed by atoms with Crippen LogP contribution in [0.15, 0.2) is 36.4 Å². The van der Waals surface area contributed by atoms with E-state index in [0.717, 1.165) is 17.5 Å². The second-order valence-corrected chi connectivity index (χ2v) is 7.15. The van der Waals surface area contributed by atoms with Crippen molar-refractivity contribution < 1.29 is 19.0 Å². The van der Waals surface area contributed by atoms with Crippen LogP contribution < -0.4 is 14.2 Å². The highest BCUT2D eigenvalue weighted by molar-refractivity contribution is 6.30. The maximum Gasteiger partial charge on any atom is 0.222 e. The molecule has 0 N–H and O–H groups in total. The standard InChI is InChI=1S/C22H28ClNO4/c1-15(12-16-6-9-18(23)10-7-16)24(2)21(25)11-8-17-13-19(26-3)22(28-5)20(14-17)27-4/h6-7,9-10,13-15H,8,11-12H2,1-5H3. The number of nitrogens with zero attached hydrogens (tertiary/aromatic N) is 1. The van der Waals surface area contributed by atoms with Gasteiger partial charge >= 0.3 is 0 Å². The number of aryl methyl sites for hydroxylation is 1. The Morgan fingerprint density at radius 1 is 1.00 bits per heavy atom. The van der Waals surface area contributed by atoms with E-state index < -0.39 is 0 Å². The van der Waals surface area contributed by atoms with E-state index in [0.29, 0.717) is 35.1 Å². The van der Waals surface area contributed by atoms with Crippen LogP contribution in [0.2, 0.25) is 5.02 Å². The lowest BCUT2D eigenvalue weighted by atomic mass is 10.0. The average molecular weight is 406 g/mol. The largest absolute Gasteiger partial charge is 0.493 e. The van der Waals surface area contributed by atoms with Crippen LogP contribution in [0.25, 0.3) is 0 Å². The molecule has 0 bridgehead atoms. The fourth-order valence-corrected chi connectivity index (χ4v) is 3.18. The van der Waals surface area contributed by atoms with Crippen LogP contribution in [0.1, 0.15) is 24.5 Å². The Kier molecular flexibility index (Phi) is 8.00. The second kappa shape index (κ2) is 10.2. The summed E-state index contributed by atoms with van der Waals surface area (Å²) in [5, 5.41) is 0.714. The van der Waals surface area contributed by atoms with Crippen LogP contribution in [0.4, 0.5) is 0 Å². The Hall–Kier alpha value is -2.40. The third-order valence-corrected chi connectivity index (χ3v) is 5.10. The van der Waals surface area contributed by atoms with E-state index >= 15 is 0 Å². The third-order valence-electron chi connectivity index (χ3n) is 4.85. The molecule has 28 heavy (non-hydrogen) atoms. The topological polar surface area (TPSA) is 48.0 Å². The zero-order valence-electron chi connectivity index (χ0n) is 17.1. The van der Waals surface area contributed by atoms with E-state index in [1.54, 1.807) is 26.2 Å². The van der Waals surface area contributed by atoms with Crippen molar-refractivity contribution in [1.82, 2.24) is 4.90 Å². The van der Waals surface area contributed by atoms with Gasteiger partial charge < -0.3 is 19.1 Å². The molecular formula is C22H28ClNO4. The molecule has 0 spiro atoms. The summed E-state index contributed by atoms with van der Waals surface area (Å²) in [6.07, 6.45) is 1.78. The van der Waals surface area contributed by atoms with Gasteiger partial charge in [-0.05, 0) is 55.2 Å². The summed E-state index contributed by atoms with van der Waals surface area (Å²) >= 11 is 5.93. The minimum atomic E-state index is 0.0913. The molecule has 1 unspecified atom stereocenters. The highest BCUT2D eigenvalue weighted by atomic mass is 35.5. The summed E-state index contributed by atoms with van der Waals surface area (Å²) in [7, 11) is 6.58. The van der Waals surface area contributed by atoms with Gasteiger partial charge in [0.1, 0.15) is 0 Å². The monoisotopic (exact) mass is 405 g/mol. The first-order chi connectivity index (χ1) is 13.4. The predicted molar refractivity (Wildman–Crippen MR) is 112 cm³/mol. The van der Waals surface area contributed by atoms with Crippen molar-refractivity contribution in [2.24, 2.45) is 0 Å². The number of halogens is 1. The van der Waals surface area contributed by atoms with E-state index in [2.05, 4.69) is 0 Å². The maximum atomic E-state index is 12.7. The molecule has 2 aromatic rings. The van der Waals surface area contributed by atoms with E-state index in [-0.39, 0.29) is 11.9 Å². The fourth-order valence-electron chi connectivity index (χ4n) is 3.05. The highest BCUT2D eigenvalue weighted by Gasteiger charge is 2.18. The lowest BCUT2D eigenvalue weighted by molar-refractivity contribution is -0.131. The molecule has 1 amide bonds. The maximum absolute atomic E-state index is 12.7. The number of carbonyl (C=O) groups excluding carboxylic acids is 1. The molecule has 0 aliphatic heterocycles. The minimum Gasteiger partial charge on any atom is -0.493 e. The van der Waals surface area contributed by atoms with Crippen molar-refractivity contribution in [3.8, 4) is 17.2 Å². The summed E-state index contributed by atoms with van der Waals surface area (Å²) in [6.45, 7) is 2.05. The first-order valence-corrected chi connectivity index (χ1v) is 9.56. The SMILES string of the molecule is COc1cc(CCC(=O)N(C)C(C)Cc2ccc(Cl)cc2)cc(OC)c1OC. The quantitative estimate of drug-likeness (QED) is 0.620. The summed E-state index contributed by atoms with van der Waals surface area (Å²) in [4.78, 5) is 14.5. The van der Waals surface area contributed by atoms with E-state index in [1.807, 2.05) is 50.4 Å². The molecule has 0 heterocycles. The van der Waals surface area contributed by atoms with Gasteiger partial charge in [-0.25, -0.2) is 0 Å². The Balaban J connectivity index is 1.99. The van der Waals surface area contributed by atoms with E-state index in [9.17, 15) is 4.79 Å². The number of amides is 1. The fraction of sp³-hybridized carbons (Fsp3) is 0.409. The second-order valence-electron chi connectivity index (χ2n) is 6.72. The molecule has 6 heteroatoms. The van der Waals surface area contributed by atoms with Gasteiger partial charge in [-0.15, -0.1) is 0 Å². The molecule has 0 aromatic heterocycles. The van der Waals surface area contributed by atoms with Gasteiger partial charge in [0, 0.05) is 24.5 Å². The molecule has 2 aromatic carbocycles. The normalized spacial score (nSPS) is 11.6. The number of rotatable bonds is 9. The molecule has 0 radical (unpaired) electrons. The van der Waals surface area contributed by atoms with Crippen LogP contribution in [-0.2, 0) is 17.6 Å². The molecule has 0 aliphatic rings. The number of hydrogen-bond acceptors (Lipinski definition) is 4. The van der Waals surface area contributed by atoms with Gasteiger partial charge in [0.25, 0.3) is 0 Å². The van der Waals surface area contributed by atoms with Crippen molar-refractivity contribution in [3.63, 3.8) is 0 Å². The lowest BCUT2D eigenvalue weighted by Gasteiger charge is -2.25. The van der Waals surface area contributed by atoms with Crippen LogP contribution in [0, 0.1) is 0 Å². The Bertz CT molecular complexity index is 767. The first kappa shape index (κ1) is 21.9. The number of benzene rings is 2. The molecule has 5 nitrogen and oxygen atoms in total. The van der Waals surface area contributed by atoms with Crippen molar-refractivity contribution in [2.45, 2.75) is 32.2 Å². The van der Waals surface area contributed by atoms with Crippen LogP contribution in [-0.4, -0.2) is 45.2 Å². The Morgan fingerprint density at radius 3 is 2.07 bits per heavy atom. The minimum absolute atomic E-state index is 0.0913. The van der Waals surface area contributed by atoms with Gasteiger partial charge in [0.15, 0.2) is 11.5 Å². The van der Waals surface area contributed by atoms with Gasteiger partial charge in [0.05, 0.1) is 21.3 Å². The predicted octanol–water partition coefficient (Wildman–Crippen LogP) is 4.39. The molecule has 0 aliphatic carbocycles. The number of carbonyl (C=O) groups is 1. The number of ether oxygens (including phenoxy) is 3. The van der Waals surface area contributed by atoms with Crippen LogP contribution in [0.5, 0.6) is 17.2 Å².